The van der Waals surface area contributed by atoms with Crippen LogP contribution >= 0.6 is 27.3 Å². The maximum absolute atomic E-state index is 11.2. The zero-order valence-electron chi connectivity index (χ0n) is 8.05. The highest BCUT2D eigenvalue weighted by Crippen LogP contribution is 2.21. The first-order chi connectivity index (χ1) is 7.22. The minimum absolute atomic E-state index is 0.0465. The Hall–Kier alpha value is -0.830. The monoisotopic (exact) mass is 286 g/mol. The number of thiophene rings is 1. The number of amides is 1. The van der Waals surface area contributed by atoms with E-state index in [2.05, 4.69) is 32.5 Å². The van der Waals surface area contributed by atoms with Crippen molar-refractivity contribution in [3.05, 3.63) is 20.8 Å². The van der Waals surface area contributed by atoms with Crippen molar-refractivity contribution in [2.75, 3.05) is 13.1 Å². The third-order valence-electron chi connectivity index (χ3n) is 1.60. The number of halogens is 1. The lowest BCUT2D eigenvalue weighted by Gasteiger charge is -2.03. The van der Waals surface area contributed by atoms with Crippen molar-refractivity contribution in [3.63, 3.8) is 0 Å². The van der Waals surface area contributed by atoms with Crippen LogP contribution in [0.3, 0.4) is 0 Å². The summed E-state index contributed by atoms with van der Waals surface area (Å²) in [6.07, 6.45) is 5.03. The molecule has 1 heterocycles. The molecule has 0 radical (unpaired) electrons. The van der Waals surface area contributed by atoms with E-state index in [4.69, 9.17) is 6.42 Å². The van der Waals surface area contributed by atoms with Gasteiger partial charge in [0.05, 0.1) is 23.4 Å². The summed E-state index contributed by atoms with van der Waals surface area (Å²) >= 11 is 4.97. The van der Waals surface area contributed by atoms with Crippen molar-refractivity contribution in [3.8, 4) is 12.3 Å². The standard InChI is InChI=1S/C10H11BrN2OS/c1-2-5-12-7-10(14)13-6-8-3-4-9(11)15-8/h1,3-4,12H,5-7H2,(H,13,14). The van der Waals surface area contributed by atoms with Gasteiger partial charge in [-0.1, -0.05) is 5.92 Å². The Bertz CT molecular complexity index is 370. The molecule has 1 amide bonds. The van der Waals surface area contributed by atoms with E-state index in [9.17, 15) is 4.79 Å². The van der Waals surface area contributed by atoms with E-state index in [1.54, 1.807) is 11.3 Å². The highest BCUT2D eigenvalue weighted by molar-refractivity contribution is 9.11. The van der Waals surface area contributed by atoms with E-state index in [-0.39, 0.29) is 12.5 Å². The number of hydrogen-bond acceptors (Lipinski definition) is 3. The van der Waals surface area contributed by atoms with E-state index < -0.39 is 0 Å². The van der Waals surface area contributed by atoms with Gasteiger partial charge >= 0.3 is 0 Å². The van der Waals surface area contributed by atoms with Crippen LogP contribution in [0.4, 0.5) is 0 Å². The molecule has 3 nitrogen and oxygen atoms in total. The van der Waals surface area contributed by atoms with Gasteiger partial charge in [0.1, 0.15) is 0 Å². The van der Waals surface area contributed by atoms with Crippen LogP contribution in [0.15, 0.2) is 15.9 Å². The zero-order chi connectivity index (χ0) is 11.1. The highest BCUT2D eigenvalue weighted by atomic mass is 79.9. The van der Waals surface area contributed by atoms with E-state index >= 15 is 0 Å². The number of rotatable bonds is 5. The summed E-state index contributed by atoms with van der Waals surface area (Å²) in [6.45, 7) is 1.24. The van der Waals surface area contributed by atoms with Gasteiger partial charge in [-0.2, -0.15) is 0 Å². The van der Waals surface area contributed by atoms with Gasteiger partial charge in [0, 0.05) is 4.88 Å². The molecule has 0 aliphatic heterocycles. The van der Waals surface area contributed by atoms with Gasteiger partial charge in [-0.05, 0) is 28.1 Å². The topological polar surface area (TPSA) is 41.1 Å². The Morgan fingerprint density at radius 2 is 2.40 bits per heavy atom. The third kappa shape index (κ3) is 4.98. The molecule has 1 rings (SSSR count). The lowest BCUT2D eigenvalue weighted by molar-refractivity contribution is -0.120. The molecule has 15 heavy (non-hydrogen) atoms. The lowest BCUT2D eigenvalue weighted by atomic mass is 10.4. The van der Waals surface area contributed by atoms with Gasteiger partial charge in [-0.3, -0.25) is 10.1 Å². The minimum Gasteiger partial charge on any atom is -0.350 e. The Balaban J connectivity index is 2.20. The molecule has 0 aliphatic rings. The average molecular weight is 287 g/mol. The molecule has 1 aromatic heterocycles. The molecule has 0 atom stereocenters. The van der Waals surface area contributed by atoms with E-state index in [0.29, 0.717) is 13.1 Å². The largest absolute Gasteiger partial charge is 0.350 e. The van der Waals surface area contributed by atoms with Crippen LogP contribution < -0.4 is 10.6 Å². The summed E-state index contributed by atoms with van der Waals surface area (Å²) in [5.41, 5.74) is 0. The fourth-order valence-corrected chi connectivity index (χ4v) is 2.37. The van der Waals surface area contributed by atoms with Crippen LogP contribution in [0.1, 0.15) is 4.88 Å². The summed E-state index contributed by atoms with van der Waals surface area (Å²) < 4.78 is 1.07. The summed E-state index contributed by atoms with van der Waals surface area (Å²) in [6, 6.07) is 3.94. The molecule has 0 saturated heterocycles. The normalized spacial score (nSPS) is 9.60. The molecule has 0 spiro atoms. The van der Waals surface area contributed by atoms with Gasteiger partial charge in [0.15, 0.2) is 0 Å². The molecular formula is C10H11BrN2OS. The maximum atomic E-state index is 11.2. The van der Waals surface area contributed by atoms with Crippen LogP contribution in [0.2, 0.25) is 0 Å². The van der Waals surface area contributed by atoms with Crippen LogP contribution in [0, 0.1) is 12.3 Å². The number of terminal acetylenes is 1. The lowest BCUT2D eigenvalue weighted by Crippen LogP contribution is -2.33. The molecule has 80 valence electrons. The second kappa shape index (κ2) is 6.62. The fourth-order valence-electron chi connectivity index (χ4n) is 0.943. The van der Waals surface area contributed by atoms with E-state index in [1.165, 1.54) is 0 Å². The van der Waals surface area contributed by atoms with Crippen LogP contribution in [0.5, 0.6) is 0 Å². The first-order valence-electron chi connectivity index (χ1n) is 4.37. The average Bonchev–Trinajstić information content (AvgIpc) is 2.62. The Kier molecular flexibility index (Phi) is 5.40. The summed E-state index contributed by atoms with van der Waals surface area (Å²) in [5.74, 6) is 2.36. The SMILES string of the molecule is C#CCNCC(=O)NCc1ccc(Br)s1. The van der Waals surface area contributed by atoms with Crippen LogP contribution in [-0.2, 0) is 11.3 Å². The number of carbonyl (C=O) groups excluding carboxylic acids is 1. The van der Waals surface area contributed by atoms with Crippen LogP contribution in [-0.4, -0.2) is 19.0 Å². The van der Waals surface area contributed by atoms with Crippen molar-refractivity contribution in [2.24, 2.45) is 0 Å². The van der Waals surface area contributed by atoms with Gasteiger partial charge in [0.25, 0.3) is 0 Å². The number of carbonyl (C=O) groups is 1. The highest BCUT2D eigenvalue weighted by Gasteiger charge is 2.01. The van der Waals surface area contributed by atoms with Crippen LogP contribution in [0.25, 0.3) is 0 Å². The predicted octanol–water partition coefficient (Wildman–Crippen LogP) is 1.35. The first-order valence-corrected chi connectivity index (χ1v) is 5.98. The molecule has 0 bridgehead atoms. The summed E-state index contributed by atoms with van der Waals surface area (Å²) in [4.78, 5) is 12.4. The zero-order valence-corrected chi connectivity index (χ0v) is 10.5. The number of hydrogen-bond donors (Lipinski definition) is 2. The molecular weight excluding hydrogens is 276 g/mol. The number of nitrogens with one attached hydrogen (secondary N) is 2. The van der Waals surface area contributed by atoms with Gasteiger partial charge in [-0.15, -0.1) is 17.8 Å². The van der Waals surface area contributed by atoms with Crippen molar-refractivity contribution in [2.45, 2.75) is 6.54 Å². The second-order valence-electron chi connectivity index (χ2n) is 2.79. The third-order valence-corrected chi connectivity index (χ3v) is 3.22. The van der Waals surface area contributed by atoms with Crippen molar-refractivity contribution in [1.29, 1.82) is 0 Å². The molecule has 0 unspecified atom stereocenters. The van der Waals surface area contributed by atoms with Crippen molar-refractivity contribution < 1.29 is 4.79 Å². The van der Waals surface area contributed by atoms with Crippen molar-refractivity contribution in [1.82, 2.24) is 10.6 Å². The Morgan fingerprint density at radius 1 is 1.60 bits per heavy atom. The summed E-state index contributed by atoms with van der Waals surface area (Å²) in [5, 5.41) is 5.61. The minimum atomic E-state index is -0.0465. The van der Waals surface area contributed by atoms with Crippen molar-refractivity contribution >= 4 is 33.2 Å². The van der Waals surface area contributed by atoms with Gasteiger partial charge in [0.2, 0.25) is 5.91 Å². The Labute approximate surface area is 101 Å². The second-order valence-corrected chi connectivity index (χ2v) is 5.34. The fraction of sp³-hybridized carbons (Fsp3) is 0.300. The molecule has 0 fully saturated rings. The molecule has 0 aliphatic carbocycles. The predicted molar refractivity (Wildman–Crippen MR) is 65.6 cm³/mol. The molecule has 1 aromatic rings. The molecule has 2 N–H and O–H groups in total. The smallest absolute Gasteiger partial charge is 0.234 e. The molecule has 0 aromatic carbocycles. The Morgan fingerprint density at radius 3 is 3.00 bits per heavy atom. The van der Waals surface area contributed by atoms with E-state index in [1.807, 2.05) is 12.1 Å². The van der Waals surface area contributed by atoms with Gasteiger partial charge < -0.3 is 5.32 Å². The van der Waals surface area contributed by atoms with Gasteiger partial charge in [-0.25, -0.2) is 0 Å². The molecule has 5 heteroatoms. The van der Waals surface area contributed by atoms with E-state index in [0.717, 1.165) is 8.66 Å². The maximum Gasteiger partial charge on any atom is 0.234 e. The summed E-state index contributed by atoms with van der Waals surface area (Å²) in [7, 11) is 0. The molecule has 0 saturated carbocycles. The first kappa shape index (κ1) is 12.2. The quantitative estimate of drug-likeness (QED) is 0.634.